The number of nitrogens with zero attached hydrogens (tertiary/aromatic N) is 2. The number of carbonyl (C=O) groups excluding carboxylic acids is 1. The maximum Gasteiger partial charge on any atom is 0.234 e. The summed E-state index contributed by atoms with van der Waals surface area (Å²) >= 11 is 1.99. The lowest BCUT2D eigenvalue weighted by atomic mass is 10.1. The topological polar surface area (TPSA) is 35.6 Å². The molecule has 0 bridgehead atoms. The molecule has 1 fully saturated rings. The Morgan fingerprint density at radius 1 is 1.41 bits per heavy atom. The van der Waals surface area contributed by atoms with Gasteiger partial charge in [0.1, 0.15) is 0 Å². The zero-order valence-corrected chi connectivity index (χ0v) is 14.6. The van der Waals surface area contributed by atoms with Gasteiger partial charge in [0, 0.05) is 30.6 Å². The zero-order chi connectivity index (χ0) is 15.9. The third-order valence-electron chi connectivity index (χ3n) is 3.99. The van der Waals surface area contributed by atoms with E-state index in [1.165, 1.54) is 5.56 Å². The maximum absolute atomic E-state index is 12.2. The van der Waals surface area contributed by atoms with Gasteiger partial charge in [0.25, 0.3) is 0 Å². The number of amides is 1. The average molecular weight is 321 g/mol. The Hall–Kier alpha value is -1.04. The number of thioether (sulfide) groups is 1. The van der Waals surface area contributed by atoms with Crippen molar-refractivity contribution in [3.8, 4) is 0 Å². The van der Waals surface area contributed by atoms with Gasteiger partial charge in [0.2, 0.25) is 5.91 Å². The Morgan fingerprint density at radius 2 is 2.14 bits per heavy atom. The molecule has 0 saturated carbocycles. The molecule has 2 rings (SSSR count). The Kier molecular flexibility index (Phi) is 6.73. The summed E-state index contributed by atoms with van der Waals surface area (Å²) in [5.41, 5.74) is 1.23. The SMILES string of the molecule is C[C@@H]1CN(CC(=O)NC[C@H](c2ccccc2)N(C)C)CCS1. The molecule has 1 aliphatic heterocycles. The highest BCUT2D eigenvalue weighted by molar-refractivity contribution is 7.99. The normalized spacial score (nSPS) is 20.8. The number of likely N-dealkylation sites (N-methyl/N-ethyl adjacent to an activating group) is 1. The minimum absolute atomic E-state index is 0.127. The standard InChI is InChI=1S/C17H27N3OS/c1-14-12-20(9-10-22-14)13-17(21)18-11-16(19(2)3)15-7-5-4-6-8-15/h4-8,14,16H,9-13H2,1-3H3,(H,18,21)/t14-,16-/m1/s1. The fraction of sp³-hybridized carbons (Fsp3) is 0.588. The lowest BCUT2D eigenvalue weighted by molar-refractivity contribution is -0.122. The van der Waals surface area contributed by atoms with E-state index >= 15 is 0 Å². The monoisotopic (exact) mass is 321 g/mol. The molecule has 0 unspecified atom stereocenters. The largest absolute Gasteiger partial charge is 0.353 e. The minimum Gasteiger partial charge on any atom is -0.353 e. The van der Waals surface area contributed by atoms with Crippen LogP contribution in [-0.4, -0.2) is 67.0 Å². The number of carbonyl (C=O) groups is 1. The third kappa shape index (κ3) is 5.30. The minimum atomic E-state index is 0.127. The Balaban J connectivity index is 1.83. The van der Waals surface area contributed by atoms with E-state index in [0.717, 1.165) is 18.8 Å². The molecule has 0 aliphatic carbocycles. The van der Waals surface area contributed by atoms with Crippen molar-refractivity contribution in [3.05, 3.63) is 35.9 Å². The van der Waals surface area contributed by atoms with Crippen LogP contribution in [0.25, 0.3) is 0 Å². The summed E-state index contributed by atoms with van der Waals surface area (Å²) in [5, 5.41) is 3.72. The summed E-state index contributed by atoms with van der Waals surface area (Å²) in [6.07, 6.45) is 0. The van der Waals surface area contributed by atoms with E-state index in [1.54, 1.807) is 0 Å². The first kappa shape index (κ1) is 17.3. The number of rotatable bonds is 6. The van der Waals surface area contributed by atoms with E-state index in [4.69, 9.17) is 0 Å². The first-order valence-electron chi connectivity index (χ1n) is 7.88. The molecular formula is C17H27N3OS. The van der Waals surface area contributed by atoms with Crippen LogP contribution in [0.2, 0.25) is 0 Å². The predicted molar refractivity (Wildman–Crippen MR) is 94.2 cm³/mol. The molecule has 1 aromatic rings. The Labute approximate surface area is 138 Å². The molecule has 1 heterocycles. The molecular weight excluding hydrogens is 294 g/mol. The van der Waals surface area contributed by atoms with Crippen molar-refractivity contribution >= 4 is 17.7 Å². The van der Waals surface area contributed by atoms with Gasteiger partial charge in [-0.3, -0.25) is 9.69 Å². The molecule has 122 valence electrons. The van der Waals surface area contributed by atoms with Crippen LogP contribution in [0, 0.1) is 0 Å². The van der Waals surface area contributed by atoms with Crippen molar-refractivity contribution in [1.29, 1.82) is 0 Å². The van der Waals surface area contributed by atoms with Crippen molar-refractivity contribution in [2.45, 2.75) is 18.2 Å². The highest BCUT2D eigenvalue weighted by Crippen LogP contribution is 2.18. The van der Waals surface area contributed by atoms with Crippen LogP contribution in [0.5, 0.6) is 0 Å². The van der Waals surface area contributed by atoms with Crippen molar-refractivity contribution in [1.82, 2.24) is 15.1 Å². The van der Waals surface area contributed by atoms with E-state index in [9.17, 15) is 4.79 Å². The lowest BCUT2D eigenvalue weighted by Gasteiger charge is -2.30. The van der Waals surface area contributed by atoms with E-state index < -0.39 is 0 Å². The molecule has 0 spiro atoms. The Bertz CT molecular complexity index is 466. The van der Waals surface area contributed by atoms with Gasteiger partial charge >= 0.3 is 0 Å². The second kappa shape index (κ2) is 8.56. The third-order valence-corrected chi connectivity index (χ3v) is 5.13. The molecule has 0 aromatic heterocycles. The molecule has 5 heteroatoms. The fourth-order valence-electron chi connectivity index (χ4n) is 2.78. The van der Waals surface area contributed by atoms with Gasteiger partial charge in [-0.25, -0.2) is 0 Å². The Morgan fingerprint density at radius 3 is 2.77 bits per heavy atom. The first-order chi connectivity index (χ1) is 10.6. The average Bonchev–Trinajstić information content (AvgIpc) is 2.48. The molecule has 1 aromatic carbocycles. The van der Waals surface area contributed by atoms with Gasteiger partial charge in [-0.05, 0) is 19.7 Å². The summed E-state index contributed by atoms with van der Waals surface area (Å²) in [6, 6.07) is 10.5. The number of hydrogen-bond acceptors (Lipinski definition) is 4. The fourth-order valence-corrected chi connectivity index (χ4v) is 3.86. The van der Waals surface area contributed by atoms with Gasteiger partial charge in [0.15, 0.2) is 0 Å². The molecule has 0 radical (unpaired) electrons. The van der Waals surface area contributed by atoms with Gasteiger partial charge in [0.05, 0.1) is 12.6 Å². The molecule has 22 heavy (non-hydrogen) atoms. The van der Waals surface area contributed by atoms with E-state index in [2.05, 4.69) is 34.2 Å². The lowest BCUT2D eigenvalue weighted by Crippen LogP contribution is -2.44. The van der Waals surface area contributed by atoms with Gasteiger partial charge in [-0.1, -0.05) is 37.3 Å². The smallest absolute Gasteiger partial charge is 0.234 e. The summed E-state index contributed by atoms with van der Waals surface area (Å²) in [5.74, 6) is 1.25. The summed E-state index contributed by atoms with van der Waals surface area (Å²) in [6.45, 7) is 5.41. The van der Waals surface area contributed by atoms with Crippen molar-refractivity contribution < 1.29 is 4.79 Å². The maximum atomic E-state index is 12.2. The van der Waals surface area contributed by atoms with E-state index in [-0.39, 0.29) is 11.9 Å². The highest BCUT2D eigenvalue weighted by atomic mass is 32.2. The van der Waals surface area contributed by atoms with Crippen LogP contribution in [-0.2, 0) is 4.79 Å². The second-order valence-electron chi connectivity index (χ2n) is 6.11. The molecule has 2 atom stereocenters. The van der Waals surface area contributed by atoms with Crippen LogP contribution < -0.4 is 5.32 Å². The van der Waals surface area contributed by atoms with Crippen LogP contribution in [0.15, 0.2) is 30.3 Å². The van der Waals surface area contributed by atoms with Gasteiger partial charge in [-0.15, -0.1) is 0 Å². The van der Waals surface area contributed by atoms with Gasteiger partial charge < -0.3 is 10.2 Å². The van der Waals surface area contributed by atoms with Crippen LogP contribution in [0.4, 0.5) is 0 Å². The molecule has 4 nitrogen and oxygen atoms in total. The number of benzene rings is 1. The van der Waals surface area contributed by atoms with Crippen molar-refractivity contribution in [2.75, 3.05) is 46.0 Å². The van der Waals surface area contributed by atoms with E-state index in [1.807, 2.05) is 44.1 Å². The van der Waals surface area contributed by atoms with Crippen LogP contribution in [0.3, 0.4) is 0 Å². The summed E-state index contributed by atoms with van der Waals surface area (Å²) < 4.78 is 0. The second-order valence-corrected chi connectivity index (χ2v) is 7.66. The number of nitrogens with one attached hydrogen (secondary N) is 1. The quantitative estimate of drug-likeness (QED) is 0.867. The van der Waals surface area contributed by atoms with Gasteiger partial charge in [-0.2, -0.15) is 11.8 Å². The highest BCUT2D eigenvalue weighted by Gasteiger charge is 2.20. The first-order valence-corrected chi connectivity index (χ1v) is 8.93. The van der Waals surface area contributed by atoms with E-state index in [0.29, 0.717) is 18.3 Å². The summed E-state index contributed by atoms with van der Waals surface area (Å²) in [7, 11) is 4.10. The molecule has 1 N–H and O–H groups in total. The predicted octanol–water partition coefficient (Wildman–Crippen LogP) is 1.84. The zero-order valence-electron chi connectivity index (χ0n) is 13.8. The molecule has 1 aliphatic rings. The molecule has 1 saturated heterocycles. The van der Waals surface area contributed by atoms with Crippen molar-refractivity contribution in [2.24, 2.45) is 0 Å². The summed E-state index contributed by atoms with van der Waals surface area (Å²) in [4.78, 5) is 16.6. The van der Waals surface area contributed by atoms with Crippen LogP contribution in [0.1, 0.15) is 18.5 Å². The molecule has 1 amide bonds. The van der Waals surface area contributed by atoms with Crippen LogP contribution >= 0.6 is 11.8 Å². The van der Waals surface area contributed by atoms with Crippen molar-refractivity contribution in [3.63, 3.8) is 0 Å². The number of hydrogen-bond donors (Lipinski definition) is 1.